The molecule has 9 atom stereocenters. The van der Waals surface area contributed by atoms with Crippen LogP contribution in [0.2, 0.25) is 0 Å². The molecule has 0 radical (unpaired) electrons. The number of hydrogen-bond donors (Lipinski definition) is 2. The monoisotopic (exact) mass is 485 g/mol. The molecule has 0 aromatic heterocycles. The highest BCUT2D eigenvalue weighted by Crippen LogP contribution is 2.79. The van der Waals surface area contributed by atoms with Crippen LogP contribution < -0.4 is 5.73 Å². The molecule has 5 aliphatic rings. The van der Waals surface area contributed by atoms with Crippen molar-refractivity contribution in [3.63, 3.8) is 0 Å². The number of nitrogens with zero attached hydrogens (tertiary/aromatic N) is 2. The molecule has 2 heterocycles. The number of aromatic hydroxyl groups is 1. The second-order valence-corrected chi connectivity index (χ2v) is 12.8. The van der Waals surface area contributed by atoms with Gasteiger partial charge in [0.05, 0.1) is 0 Å². The first-order chi connectivity index (χ1) is 17.3. The largest absolute Gasteiger partial charge is 0.508 e. The minimum atomic E-state index is 0.0000541. The number of carbonyl (C=O) groups excluding carboxylic acids is 1. The van der Waals surface area contributed by atoms with Crippen LogP contribution in [0.1, 0.15) is 55.1 Å². The highest BCUT2D eigenvalue weighted by molar-refractivity contribution is 5.94. The molecule has 190 valence electrons. The Bertz CT molecular complexity index is 1210. The number of amides is 1. The number of phenolic OH excluding ortho intramolecular Hbond substituents is 1. The van der Waals surface area contributed by atoms with E-state index in [4.69, 9.17) is 5.73 Å². The molecular weight excluding hydrogens is 446 g/mol. The van der Waals surface area contributed by atoms with Crippen LogP contribution in [0.25, 0.3) is 0 Å². The number of benzene rings is 2. The fraction of sp³-hybridized carbons (Fsp3) is 0.581. The van der Waals surface area contributed by atoms with E-state index in [0.29, 0.717) is 35.5 Å². The van der Waals surface area contributed by atoms with Crippen molar-refractivity contribution >= 4 is 5.91 Å². The lowest BCUT2D eigenvalue weighted by Crippen LogP contribution is -2.61. The third-order valence-corrected chi connectivity index (χ3v) is 11.1. The maximum Gasteiger partial charge on any atom is 0.254 e. The van der Waals surface area contributed by atoms with Gasteiger partial charge in [-0.1, -0.05) is 38.1 Å². The van der Waals surface area contributed by atoms with Crippen molar-refractivity contribution in [3.05, 3.63) is 65.2 Å². The molecule has 4 fully saturated rings. The van der Waals surface area contributed by atoms with Crippen molar-refractivity contribution in [1.82, 2.24) is 9.80 Å². The van der Waals surface area contributed by atoms with Gasteiger partial charge in [0.15, 0.2) is 0 Å². The Morgan fingerprint density at radius 2 is 1.97 bits per heavy atom. The number of likely N-dealkylation sites (tertiary alicyclic amines) is 2. The molecule has 5 nitrogen and oxygen atoms in total. The molecule has 7 rings (SSSR count). The summed E-state index contributed by atoms with van der Waals surface area (Å²) >= 11 is 0. The van der Waals surface area contributed by atoms with Gasteiger partial charge in [0.2, 0.25) is 0 Å². The molecule has 1 amide bonds. The van der Waals surface area contributed by atoms with Crippen LogP contribution in [0.5, 0.6) is 5.75 Å². The Kier molecular flexibility index (Phi) is 4.80. The lowest BCUT2D eigenvalue weighted by Gasteiger charge is -2.56. The van der Waals surface area contributed by atoms with Gasteiger partial charge < -0.3 is 15.7 Å². The first-order valence-corrected chi connectivity index (χ1v) is 14.0. The second kappa shape index (κ2) is 7.58. The normalized spacial score (nSPS) is 40.7. The highest BCUT2D eigenvalue weighted by Gasteiger charge is 2.81. The number of hydrogen-bond acceptors (Lipinski definition) is 4. The summed E-state index contributed by atoms with van der Waals surface area (Å²) in [5.41, 5.74) is 10.1. The maximum absolute atomic E-state index is 13.8. The van der Waals surface area contributed by atoms with E-state index < -0.39 is 0 Å². The van der Waals surface area contributed by atoms with E-state index in [0.717, 1.165) is 44.5 Å². The zero-order chi connectivity index (χ0) is 25.0. The molecule has 2 saturated carbocycles. The minimum Gasteiger partial charge on any atom is -0.508 e. The third-order valence-electron chi connectivity index (χ3n) is 11.1. The van der Waals surface area contributed by atoms with Crippen molar-refractivity contribution in [2.75, 3.05) is 19.6 Å². The molecule has 5 heteroatoms. The molecule has 2 aliphatic heterocycles. The van der Waals surface area contributed by atoms with E-state index in [2.05, 4.69) is 42.7 Å². The average Bonchev–Trinajstić information content (AvgIpc) is 3.50. The van der Waals surface area contributed by atoms with Gasteiger partial charge in [0, 0.05) is 48.7 Å². The summed E-state index contributed by atoms with van der Waals surface area (Å²) < 4.78 is 0. The second-order valence-electron chi connectivity index (χ2n) is 12.8. The Balaban J connectivity index is 1.38. The lowest BCUT2D eigenvalue weighted by atomic mass is 9.52. The number of phenols is 1. The number of carbonyl (C=O) groups is 1. The Labute approximate surface area is 214 Å². The van der Waals surface area contributed by atoms with Crippen LogP contribution in [0.4, 0.5) is 0 Å². The molecular formula is C31H39N3O2. The fourth-order valence-electron chi connectivity index (χ4n) is 10.7. The number of nitrogens with two attached hydrogens (primary N) is 1. The minimum absolute atomic E-state index is 0.0000541. The van der Waals surface area contributed by atoms with Gasteiger partial charge in [-0.3, -0.25) is 9.69 Å². The van der Waals surface area contributed by atoms with Crippen molar-refractivity contribution in [2.45, 2.75) is 63.6 Å². The van der Waals surface area contributed by atoms with Gasteiger partial charge in [-0.25, -0.2) is 0 Å². The van der Waals surface area contributed by atoms with Crippen LogP contribution in [-0.2, 0) is 11.8 Å². The fourth-order valence-corrected chi connectivity index (χ4v) is 10.7. The van der Waals surface area contributed by atoms with Crippen LogP contribution in [0.3, 0.4) is 0 Å². The first-order valence-electron chi connectivity index (χ1n) is 14.0. The molecule has 1 spiro atoms. The topological polar surface area (TPSA) is 69.8 Å². The van der Waals surface area contributed by atoms with E-state index >= 15 is 0 Å². The summed E-state index contributed by atoms with van der Waals surface area (Å²) in [5.74, 6) is 2.66. The summed E-state index contributed by atoms with van der Waals surface area (Å²) in [6.07, 6.45) is 3.21. The van der Waals surface area contributed by atoms with E-state index in [1.54, 1.807) is 0 Å². The molecule has 4 bridgehead atoms. The van der Waals surface area contributed by atoms with Crippen LogP contribution >= 0.6 is 0 Å². The molecule has 3 aliphatic carbocycles. The van der Waals surface area contributed by atoms with Crippen molar-refractivity contribution in [2.24, 2.45) is 34.8 Å². The van der Waals surface area contributed by atoms with E-state index in [1.807, 2.05) is 36.4 Å². The molecule has 2 aromatic carbocycles. The van der Waals surface area contributed by atoms with Crippen LogP contribution in [0, 0.1) is 29.1 Å². The van der Waals surface area contributed by atoms with E-state index in [9.17, 15) is 9.90 Å². The van der Waals surface area contributed by atoms with Gasteiger partial charge in [0.1, 0.15) is 5.75 Å². The lowest BCUT2D eigenvalue weighted by molar-refractivity contribution is -0.00893. The van der Waals surface area contributed by atoms with Crippen molar-refractivity contribution < 1.29 is 9.90 Å². The Hall–Kier alpha value is -2.37. The maximum atomic E-state index is 13.8. The summed E-state index contributed by atoms with van der Waals surface area (Å²) in [7, 11) is 0. The third kappa shape index (κ3) is 2.61. The molecule has 2 aromatic rings. The molecule has 36 heavy (non-hydrogen) atoms. The van der Waals surface area contributed by atoms with Crippen molar-refractivity contribution in [3.8, 4) is 5.75 Å². The van der Waals surface area contributed by atoms with Gasteiger partial charge >= 0.3 is 0 Å². The molecule has 2 saturated heterocycles. The summed E-state index contributed by atoms with van der Waals surface area (Å²) in [6, 6.07) is 16.9. The first kappa shape index (κ1) is 22.8. The van der Waals surface area contributed by atoms with Gasteiger partial charge in [-0.05, 0) is 90.7 Å². The predicted molar refractivity (Wildman–Crippen MR) is 141 cm³/mol. The molecule has 7 unspecified atom stereocenters. The van der Waals surface area contributed by atoms with Gasteiger partial charge in [-0.15, -0.1) is 0 Å². The van der Waals surface area contributed by atoms with Crippen molar-refractivity contribution in [1.29, 1.82) is 0 Å². The van der Waals surface area contributed by atoms with Crippen LogP contribution in [-0.4, -0.2) is 58.6 Å². The van der Waals surface area contributed by atoms with Gasteiger partial charge in [0.25, 0.3) is 5.91 Å². The SMILES string of the molecule is CCC1C2[C@@H](CN1C(=O)c1ccccc1)CC1(C)C3C4Cc5ccc(O)cc5C21C4CN3C[C@@H](C)N. The van der Waals surface area contributed by atoms with Gasteiger partial charge in [-0.2, -0.15) is 0 Å². The zero-order valence-electron chi connectivity index (χ0n) is 21.7. The van der Waals surface area contributed by atoms with E-state index in [-0.39, 0.29) is 28.8 Å². The summed E-state index contributed by atoms with van der Waals surface area (Å²) in [4.78, 5) is 18.7. The number of rotatable bonds is 4. The standard InChI is InChI=1S/C31H39N3O2/c1-4-26-27-21(16-34(26)29(36)19-8-6-5-7-9-19)14-30(3)28-23-12-20-10-11-22(35)13-24(20)31(27,30)25(23)17-33(28)15-18(2)32/h5-11,13,18,21,23,25-28,35H,4,12,14-17,32H2,1-3H3/t18-,21-,23?,25?,26?,27?,28?,30?,31?/m1/s1. The molecule has 3 N–H and O–H groups in total. The Morgan fingerprint density at radius 1 is 1.19 bits per heavy atom. The van der Waals surface area contributed by atoms with E-state index in [1.165, 1.54) is 11.1 Å². The summed E-state index contributed by atoms with van der Waals surface area (Å²) in [6.45, 7) is 9.85. The quantitative estimate of drug-likeness (QED) is 0.686. The zero-order valence-corrected chi connectivity index (χ0v) is 21.7. The Morgan fingerprint density at radius 3 is 2.69 bits per heavy atom. The summed E-state index contributed by atoms with van der Waals surface area (Å²) in [5, 5.41) is 10.7. The smallest absolute Gasteiger partial charge is 0.254 e. The number of piperidine rings is 1. The predicted octanol–water partition coefficient (Wildman–Crippen LogP) is 4.04. The number of fused-ring (bicyclic) bond motifs is 3. The van der Waals surface area contributed by atoms with Crippen LogP contribution in [0.15, 0.2) is 48.5 Å². The highest BCUT2D eigenvalue weighted by atomic mass is 16.3. The average molecular weight is 486 g/mol.